The van der Waals surface area contributed by atoms with Gasteiger partial charge in [-0.25, -0.2) is 0 Å². The molecular formula is C16H16BrNO3. The number of anilines is 1. The summed E-state index contributed by atoms with van der Waals surface area (Å²) in [6.07, 6.45) is 1.58. The molecular weight excluding hydrogens is 334 g/mol. The van der Waals surface area contributed by atoms with Crippen molar-refractivity contribution in [2.24, 2.45) is 0 Å². The van der Waals surface area contributed by atoms with Gasteiger partial charge >= 0.3 is 0 Å². The lowest BCUT2D eigenvalue weighted by atomic mass is 10.0. The zero-order valence-electron chi connectivity index (χ0n) is 11.4. The van der Waals surface area contributed by atoms with E-state index < -0.39 is 0 Å². The zero-order chi connectivity index (χ0) is 15.0. The molecule has 0 atom stereocenters. The van der Waals surface area contributed by atoms with Crippen LogP contribution in [-0.4, -0.2) is 28.4 Å². The lowest BCUT2D eigenvalue weighted by Crippen LogP contribution is -2.25. The van der Waals surface area contributed by atoms with E-state index in [4.69, 9.17) is 0 Å². The molecule has 0 bridgehead atoms. The van der Waals surface area contributed by atoms with E-state index in [-0.39, 0.29) is 17.2 Å². The number of nitrogens with zero attached hydrogens (tertiary/aromatic N) is 1. The minimum absolute atomic E-state index is 0.0845. The maximum Gasteiger partial charge on any atom is 0.172 e. The molecule has 3 N–H and O–H groups in total. The smallest absolute Gasteiger partial charge is 0.172 e. The molecule has 0 aliphatic carbocycles. The van der Waals surface area contributed by atoms with E-state index in [0.29, 0.717) is 4.47 Å². The van der Waals surface area contributed by atoms with Crippen molar-refractivity contribution < 1.29 is 15.3 Å². The molecule has 21 heavy (non-hydrogen) atoms. The van der Waals surface area contributed by atoms with Gasteiger partial charge in [-0.1, -0.05) is 0 Å². The number of phenols is 3. The Kier molecular flexibility index (Phi) is 3.68. The van der Waals surface area contributed by atoms with Crippen LogP contribution in [0.2, 0.25) is 0 Å². The summed E-state index contributed by atoms with van der Waals surface area (Å²) in [4.78, 5) is 2.24. The van der Waals surface area contributed by atoms with Crippen LogP contribution in [0.25, 0.3) is 0 Å². The van der Waals surface area contributed by atoms with Crippen molar-refractivity contribution in [3.8, 4) is 17.2 Å². The summed E-state index contributed by atoms with van der Waals surface area (Å²) in [5, 5.41) is 28.9. The molecule has 0 amide bonds. The minimum Gasteiger partial charge on any atom is -0.508 e. The third kappa shape index (κ3) is 2.65. The van der Waals surface area contributed by atoms with Crippen LogP contribution in [0.15, 0.2) is 34.8 Å². The van der Waals surface area contributed by atoms with Crippen LogP contribution < -0.4 is 4.90 Å². The first-order valence-corrected chi connectivity index (χ1v) is 7.61. The lowest BCUT2D eigenvalue weighted by molar-refractivity contribution is 0.400. The molecule has 0 radical (unpaired) electrons. The molecule has 2 aromatic carbocycles. The highest BCUT2D eigenvalue weighted by molar-refractivity contribution is 9.10. The number of benzene rings is 2. The molecule has 0 saturated heterocycles. The van der Waals surface area contributed by atoms with Gasteiger partial charge in [-0.15, -0.1) is 0 Å². The Balaban J connectivity index is 1.89. The first-order chi connectivity index (χ1) is 10.1. The topological polar surface area (TPSA) is 63.9 Å². The summed E-state index contributed by atoms with van der Waals surface area (Å²) in [5.41, 5.74) is 3.16. The van der Waals surface area contributed by atoms with Gasteiger partial charge in [-0.2, -0.15) is 0 Å². The average Bonchev–Trinajstić information content (AvgIpc) is 2.69. The summed E-state index contributed by atoms with van der Waals surface area (Å²) in [6.45, 7) is 1.65. The number of phenolic OH excluding ortho intramolecular Hbond substituents is 3. The van der Waals surface area contributed by atoms with E-state index in [9.17, 15) is 15.3 Å². The summed E-state index contributed by atoms with van der Waals surface area (Å²) in [7, 11) is 0. The quantitative estimate of drug-likeness (QED) is 0.692. The van der Waals surface area contributed by atoms with Gasteiger partial charge in [0.2, 0.25) is 0 Å². The molecule has 110 valence electrons. The largest absolute Gasteiger partial charge is 0.508 e. The highest BCUT2D eigenvalue weighted by Crippen LogP contribution is 2.39. The summed E-state index contributed by atoms with van der Waals surface area (Å²) in [5.74, 6) is 0.0833. The fourth-order valence-electron chi connectivity index (χ4n) is 2.75. The third-order valence-corrected chi connectivity index (χ3v) is 4.77. The first-order valence-electron chi connectivity index (χ1n) is 6.82. The van der Waals surface area contributed by atoms with Crippen LogP contribution in [0.5, 0.6) is 17.2 Å². The Morgan fingerprint density at radius 3 is 2.33 bits per heavy atom. The van der Waals surface area contributed by atoms with Crippen molar-refractivity contribution >= 4 is 21.6 Å². The van der Waals surface area contributed by atoms with Gasteiger partial charge in [0.15, 0.2) is 11.5 Å². The van der Waals surface area contributed by atoms with E-state index in [0.717, 1.165) is 42.7 Å². The molecule has 3 rings (SSSR count). The number of halogens is 1. The summed E-state index contributed by atoms with van der Waals surface area (Å²) >= 11 is 3.38. The molecule has 0 fully saturated rings. The lowest BCUT2D eigenvalue weighted by Gasteiger charge is -2.22. The van der Waals surface area contributed by atoms with Gasteiger partial charge in [-0.05, 0) is 70.2 Å². The molecule has 2 aromatic rings. The Bertz CT molecular complexity index is 670. The van der Waals surface area contributed by atoms with Crippen LogP contribution in [0.4, 0.5) is 5.69 Å². The van der Waals surface area contributed by atoms with E-state index in [1.807, 2.05) is 12.1 Å². The molecule has 0 spiro atoms. The number of rotatable bonds is 1. The average molecular weight is 350 g/mol. The van der Waals surface area contributed by atoms with E-state index in [1.54, 1.807) is 18.2 Å². The zero-order valence-corrected chi connectivity index (χ0v) is 13.0. The van der Waals surface area contributed by atoms with Crippen molar-refractivity contribution in [3.63, 3.8) is 0 Å². The van der Waals surface area contributed by atoms with Crippen LogP contribution in [0.3, 0.4) is 0 Å². The summed E-state index contributed by atoms with van der Waals surface area (Å²) in [6, 6.07) is 8.81. The maximum absolute atomic E-state index is 9.83. The highest BCUT2D eigenvalue weighted by Gasteiger charge is 2.20. The normalized spacial score (nSPS) is 14.6. The van der Waals surface area contributed by atoms with Gasteiger partial charge in [-0.3, -0.25) is 0 Å². The maximum atomic E-state index is 9.83. The predicted molar refractivity (Wildman–Crippen MR) is 85.2 cm³/mol. The number of hydrogen-bond donors (Lipinski definition) is 3. The van der Waals surface area contributed by atoms with Gasteiger partial charge in [0, 0.05) is 18.8 Å². The molecule has 0 unspecified atom stereocenters. The molecule has 1 heterocycles. The van der Waals surface area contributed by atoms with Gasteiger partial charge < -0.3 is 20.2 Å². The SMILES string of the molecule is Oc1ccc(N2CCc3cc(O)c(O)c(Br)c3CC2)cc1. The first kappa shape index (κ1) is 14.1. The number of aromatic hydroxyl groups is 3. The second-order valence-corrected chi connectivity index (χ2v) is 5.99. The molecule has 4 nitrogen and oxygen atoms in total. The van der Waals surface area contributed by atoms with Crippen LogP contribution in [0, 0.1) is 0 Å². The molecule has 0 saturated carbocycles. The Hall–Kier alpha value is -1.88. The predicted octanol–water partition coefficient (Wildman–Crippen LogP) is 3.17. The standard InChI is InChI=1S/C16H16BrNO3/c17-15-13-6-8-18(11-1-3-12(19)4-2-11)7-5-10(13)9-14(20)16(15)21/h1-4,9,19-21H,5-8H2. The van der Waals surface area contributed by atoms with Crippen LogP contribution in [-0.2, 0) is 12.8 Å². The molecule has 1 aliphatic rings. The van der Waals surface area contributed by atoms with Crippen molar-refractivity contribution in [1.29, 1.82) is 0 Å². The fraction of sp³-hybridized carbons (Fsp3) is 0.250. The number of fused-ring (bicyclic) bond motifs is 1. The van der Waals surface area contributed by atoms with Crippen LogP contribution in [0.1, 0.15) is 11.1 Å². The van der Waals surface area contributed by atoms with Gasteiger partial charge in [0.05, 0.1) is 4.47 Å². The van der Waals surface area contributed by atoms with Crippen molar-refractivity contribution in [3.05, 3.63) is 45.9 Å². The Morgan fingerprint density at radius 2 is 1.62 bits per heavy atom. The van der Waals surface area contributed by atoms with Crippen molar-refractivity contribution in [2.75, 3.05) is 18.0 Å². The number of hydrogen-bond acceptors (Lipinski definition) is 4. The molecule has 0 aromatic heterocycles. The molecule has 1 aliphatic heterocycles. The Morgan fingerprint density at radius 1 is 0.952 bits per heavy atom. The Labute approximate surface area is 131 Å². The second kappa shape index (κ2) is 5.48. The highest BCUT2D eigenvalue weighted by atomic mass is 79.9. The van der Waals surface area contributed by atoms with E-state index in [1.165, 1.54) is 0 Å². The van der Waals surface area contributed by atoms with Crippen LogP contribution >= 0.6 is 15.9 Å². The van der Waals surface area contributed by atoms with Crippen molar-refractivity contribution in [2.45, 2.75) is 12.8 Å². The van der Waals surface area contributed by atoms with Gasteiger partial charge in [0.25, 0.3) is 0 Å². The van der Waals surface area contributed by atoms with Gasteiger partial charge in [0.1, 0.15) is 5.75 Å². The van der Waals surface area contributed by atoms with Crippen molar-refractivity contribution in [1.82, 2.24) is 0 Å². The third-order valence-electron chi connectivity index (χ3n) is 3.91. The molecule has 5 heteroatoms. The minimum atomic E-state index is -0.0909. The van der Waals surface area contributed by atoms with E-state index in [2.05, 4.69) is 20.8 Å². The monoisotopic (exact) mass is 349 g/mol. The second-order valence-electron chi connectivity index (χ2n) is 5.20. The van der Waals surface area contributed by atoms with E-state index >= 15 is 0 Å². The fourth-order valence-corrected chi connectivity index (χ4v) is 3.40. The summed E-state index contributed by atoms with van der Waals surface area (Å²) < 4.78 is 0.588.